The number of ether oxygens (including phenoxy) is 4. The predicted octanol–water partition coefficient (Wildman–Crippen LogP) is -1.08. The van der Waals surface area contributed by atoms with Crippen molar-refractivity contribution in [2.24, 2.45) is 33.2 Å². The van der Waals surface area contributed by atoms with Crippen LogP contribution in [0.15, 0.2) is 5.11 Å². The van der Waals surface area contributed by atoms with Crippen LogP contribution in [0.1, 0.15) is 27.7 Å². The molecule has 13 nitrogen and oxygen atoms in total. The number of hydrogen-bond donors (Lipinski definition) is 3. The van der Waals surface area contributed by atoms with Gasteiger partial charge in [-0.2, -0.15) is 0 Å². The van der Waals surface area contributed by atoms with Crippen LogP contribution in [0.2, 0.25) is 0 Å². The van der Waals surface area contributed by atoms with Gasteiger partial charge in [0.1, 0.15) is 12.2 Å². The highest BCUT2D eigenvalue weighted by atomic mass is 16.8. The Bertz CT molecular complexity index is 1080. The van der Waals surface area contributed by atoms with Crippen LogP contribution in [0.3, 0.4) is 0 Å². The van der Waals surface area contributed by atoms with Crippen molar-refractivity contribution in [2.75, 3.05) is 0 Å². The number of hydrogen-bond acceptors (Lipinski definition) is 11. The van der Waals surface area contributed by atoms with E-state index in [-0.39, 0.29) is 0 Å². The maximum Gasteiger partial charge on any atom is 0.343 e. The Balaban J connectivity index is 1.76. The zero-order valence-corrected chi connectivity index (χ0v) is 18.2. The number of aliphatic hydroxyl groups excluding tert-OH is 2. The Morgan fingerprint density at radius 2 is 1.73 bits per heavy atom. The molecule has 33 heavy (non-hydrogen) atoms. The van der Waals surface area contributed by atoms with Crippen molar-refractivity contribution in [3.63, 3.8) is 0 Å². The monoisotopic (exact) mass is 465 g/mol. The van der Waals surface area contributed by atoms with Gasteiger partial charge in [-0.05, 0) is 23.8 Å². The first-order valence-electron chi connectivity index (χ1n) is 10.7. The molecule has 13 heteroatoms. The van der Waals surface area contributed by atoms with Crippen LogP contribution in [0.4, 0.5) is 0 Å². The number of esters is 3. The van der Waals surface area contributed by atoms with E-state index in [9.17, 15) is 35.2 Å². The maximum atomic E-state index is 13.6. The van der Waals surface area contributed by atoms with Gasteiger partial charge < -0.3 is 34.3 Å². The lowest BCUT2D eigenvalue weighted by Crippen LogP contribution is -2.67. The molecule has 0 aromatic carbocycles. The van der Waals surface area contributed by atoms with Gasteiger partial charge in [-0.3, -0.25) is 4.79 Å². The standard InChI is InChI=1S/C20H23N3O10/c1-5-12(26)30-11-8(24)18-10-6(22-23-21)7(16(2,3)4)17(18)9(25)13(27)32-15(17)33-20(18,14(28)31-10)19(5,11)29/h5-11,15,24-25,29H,1-4H3/t5-,6+,7+,8+,9+,10-,11+,15+,17-,18+,19-,20-/m1/s1. The second-order valence-electron chi connectivity index (χ2n) is 11.0. The molecule has 0 bridgehead atoms. The Hall–Kier alpha value is -2.44. The van der Waals surface area contributed by atoms with E-state index in [0.29, 0.717) is 0 Å². The number of rotatable bonds is 1. The molecule has 0 radical (unpaired) electrons. The van der Waals surface area contributed by atoms with Gasteiger partial charge >= 0.3 is 17.9 Å². The average Bonchev–Trinajstić information content (AvgIpc) is 3.41. The van der Waals surface area contributed by atoms with Crippen molar-refractivity contribution in [2.45, 2.75) is 75.6 Å². The number of carbonyl (C=O) groups excluding carboxylic acids is 3. The Labute approximate surface area is 186 Å². The minimum absolute atomic E-state index is 0.806. The third-order valence-electron chi connectivity index (χ3n) is 9.13. The average molecular weight is 465 g/mol. The lowest BCUT2D eigenvalue weighted by atomic mass is 9.51. The van der Waals surface area contributed by atoms with Gasteiger partial charge in [0.2, 0.25) is 11.9 Å². The fourth-order valence-electron chi connectivity index (χ4n) is 8.45. The fraction of sp³-hybridized carbons (Fsp3) is 0.850. The van der Waals surface area contributed by atoms with Crippen molar-refractivity contribution >= 4 is 17.9 Å². The van der Waals surface area contributed by atoms with Crippen LogP contribution in [-0.2, 0) is 33.3 Å². The van der Waals surface area contributed by atoms with Gasteiger partial charge in [-0.25, -0.2) is 9.59 Å². The molecule has 2 spiro atoms. The van der Waals surface area contributed by atoms with Gasteiger partial charge in [-0.1, -0.05) is 25.9 Å². The summed E-state index contributed by atoms with van der Waals surface area (Å²) in [5, 5.41) is 39.0. The largest absolute Gasteiger partial charge is 0.459 e. The quantitative estimate of drug-likeness (QED) is 0.141. The van der Waals surface area contributed by atoms with Crippen LogP contribution in [0.5, 0.6) is 0 Å². The van der Waals surface area contributed by atoms with Crippen LogP contribution >= 0.6 is 0 Å². The van der Waals surface area contributed by atoms with E-state index in [0.717, 1.165) is 0 Å². The number of aliphatic hydroxyl groups is 3. The molecule has 4 aliphatic heterocycles. The summed E-state index contributed by atoms with van der Waals surface area (Å²) in [6, 6.07) is -1.15. The topological polar surface area (TPSA) is 198 Å². The number of carbonyl (C=O) groups is 3. The summed E-state index contributed by atoms with van der Waals surface area (Å²) in [6.45, 7) is 6.66. The minimum Gasteiger partial charge on any atom is -0.459 e. The van der Waals surface area contributed by atoms with Crippen molar-refractivity contribution in [3.8, 4) is 0 Å². The highest BCUT2D eigenvalue weighted by molar-refractivity contribution is 5.94. The fourth-order valence-corrected chi connectivity index (χ4v) is 8.45. The van der Waals surface area contributed by atoms with Crippen molar-refractivity contribution in [1.82, 2.24) is 0 Å². The highest BCUT2D eigenvalue weighted by Gasteiger charge is 3.05. The number of fused-ring (bicyclic) bond motifs is 1. The van der Waals surface area contributed by atoms with E-state index in [1.54, 1.807) is 20.8 Å². The molecule has 4 saturated heterocycles. The summed E-state index contributed by atoms with van der Waals surface area (Å²) in [7, 11) is 0. The van der Waals surface area contributed by atoms with Crippen molar-refractivity contribution in [3.05, 3.63) is 10.4 Å². The summed E-state index contributed by atoms with van der Waals surface area (Å²) in [5.74, 6) is -5.23. The summed E-state index contributed by atoms with van der Waals surface area (Å²) in [6.07, 6.45) is -8.31. The molecule has 6 aliphatic rings. The van der Waals surface area contributed by atoms with Gasteiger partial charge in [0.05, 0.1) is 22.8 Å². The van der Waals surface area contributed by atoms with Gasteiger partial charge in [0.25, 0.3) is 0 Å². The van der Waals surface area contributed by atoms with E-state index in [2.05, 4.69) is 10.0 Å². The van der Waals surface area contributed by atoms with Crippen LogP contribution in [-0.4, -0.2) is 81.2 Å². The zero-order chi connectivity index (χ0) is 24.1. The van der Waals surface area contributed by atoms with E-state index in [1.807, 2.05) is 0 Å². The maximum absolute atomic E-state index is 13.6. The summed E-state index contributed by atoms with van der Waals surface area (Å²) in [4.78, 5) is 41.6. The zero-order valence-electron chi connectivity index (χ0n) is 18.2. The summed E-state index contributed by atoms with van der Waals surface area (Å²) >= 11 is 0. The lowest BCUT2D eigenvalue weighted by molar-refractivity contribution is -0.239. The molecular weight excluding hydrogens is 442 g/mol. The van der Waals surface area contributed by atoms with E-state index in [4.69, 9.17) is 18.9 Å². The molecule has 6 fully saturated rings. The number of nitrogens with zero attached hydrogens (tertiary/aromatic N) is 3. The Kier molecular flexibility index (Phi) is 3.48. The molecule has 0 unspecified atom stereocenters. The molecule has 0 aromatic rings. The second-order valence-corrected chi connectivity index (χ2v) is 11.0. The second kappa shape index (κ2) is 5.44. The van der Waals surface area contributed by atoms with E-state index < -0.39 is 93.9 Å². The predicted molar refractivity (Wildman–Crippen MR) is 100 cm³/mol. The molecule has 2 aliphatic carbocycles. The first-order chi connectivity index (χ1) is 15.3. The molecule has 0 amide bonds. The third kappa shape index (κ3) is 1.60. The summed E-state index contributed by atoms with van der Waals surface area (Å²) in [5.41, 5.74) is -0.138. The first kappa shape index (κ1) is 21.1. The minimum atomic E-state index is -2.42. The van der Waals surface area contributed by atoms with Crippen molar-refractivity contribution < 1.29 is 48.7 Å². The Morgan fingerprint density at radius 3 is 2.33 bits per heavy atom. The molecular formula is C20H23N3O10. The normalized spacial score (nSPS) is 57.6. The van der Waals surface area contributed by atoms with Gasteiger partial charge in [0.15, 0.2) is 17.8 Å². The van der Waals surface area contributed by atoms with Crippen molar-refractivity contribution in [1.29, 1.82) is 0 Å². The first-order valence-corrected chi connectivity index (χ1v) is 10.7. The van der Waals surface area contributed by atoms with E-state index >= 15 is 0 Å². The number of azide groups is 1. The van der Waals surface area contributed by atoms with Crippen LogP contribution in [0.25, 0.3) is 10.4 Å². The van der Waals surface area contributed by atoms with Crippen LogP contribution in [0, 0.1) is 28.1 Å². The smallest absolute Gasteiger partial charge is 0.343 e. The molecule has 178 valence electrons. The SMILES string of the molecule is C[C@@H]1C(=O)O[C@H]2[C@H](O)[C@@]34[C@@H]5OC(=O)[C@]3(O[C@@H]3OC(=O)[C@H](O)[C@]34[C@H](C(C)(C)C)[C@@H]5N=[N+]=[N-])[C@@]12O. The van der Waals surface area contributed by atoms with Gasteiger partial charge in [0, 0.05) is 4.91 Å². The third-order valence-corrected chi connectivity index (χ3v) is 9.13. The molecule has 12 atom stereocenters. The molecule has 2 saturated carbocycles. The molecule has 0 aromatic heterocycles. The Morgan fingerprint density at radius 1 is 1.06 bits per heavy atom. The van der Waals surface area contributed by atoms with Crippen LogP contribution < -0.4 is 0 Å². The highest BCUT2D eigenvalue weighted by Crippen LogP contribution is 2.84. The summed E-state index contributed by atoms with van der Waals surface area (Å²) < 4.78 is 22.5. The molecule has 3 N–H and O–H groups in total. The molecule has 6 rings (SSSR count). The van der Waals surface area contributed by atoms with E-state index in [1.165, 1.54) is 6.92 Å². The van der Waals surface area contributed by atoms with Gasteiger partial charge in [-0.15, -0.1) is 0 Å². The lowest BCUT2D eigenvalue weighted by Gasteiger charge is -2.47. The molecule has 4 heterocycles.